The van der Waals surface area contributed by atoms with Crippen LogP contribution in [0.25, 0.3) is 0 Å². The third-order valence-corrected chi connectivity index (χ3v) is 6.71. The summed E-state index contributed by atoms with van der Waals surface area (Å²) in [5.74, 6) is 0.837. The van der Waals surface area contributed by atoms with Crippen molar-refractivity contribution in [3.63, 3.8) is 0 Å². The van der Waals surface area contributed by atoms with Crippen LogP contribution in [0.1, 0.15) is 40.0 Å². The van der Waals surface area contributed by atoms with Crippen LogP contribution in [-0.2, 0) is 6.61 Å². The minimum Gasteiger partial charge on any atom is -0.493 e. The van der Waals surface area contributed by atoms with Crippen LogP contribution in [0.5, 0.6) is 17.2 Å². The molecule has 2 heterocycles. The molecule has 0 atom stereocenters. The maximum absolute atomic E-state index is 13.3. The number of hydrogen-bond donors (Lipinski definition) is 0. The third-order valence-electron chi connectivity index (χ3n) is 6.08. The zero-order valence-electron chi connectivity index (χ0n) is 19.9. The third kappa shape index (κ3) is 5.71. The maximum Gasteiger partial charge on any atom is 0.286 e. The van der Waals surface area contributed by atoms with E-state index in [1.54, 1.807) is 10.4 Å². The van der Waals surface area contributed by atoms with Crippen molar-refractivity contribution >= 4 is 22.9 Å². The molecule has 0 saturated carbocycles. The van der Waals surface area contributed by atoms with Gasteiger partial charge in [0.15, 0.2) is 11.5 Å². The first kappa shape index (κ1) is 24.5. The number of thiazole rings is 1. The van der Waals surface area contributed by atoms with Crippen molar-refractivity contribution in [2.24, 2.45) is 0 Å². The molecule has 4 rings (SSSR count). The van der Waals surface area contributed by atoms with Crippen molar-refractivity contribution in [3.8, 4) is 17.2 Å². The summed E-state index contributed by atoms with van der Waals surface area (Å²) in [7, 11) is 1.43. The Morgan fingerprint density at radius 1 is 1.17 bits per heavy atom. The molecule has 0 bridgehead atoms. The average molecular weight is 498 g/mol. The summed E-state index contributed by atoms with van der Waals surface area (Å²) in [5, 5.41) is 13.6. The van der Waals surface area contributed by atoms with Crippen molar-refractivity contribution in [3.05, 3.63) is 73.7 Å². The van der Waals surface area contributed by atoms with Gasteiger partial charge in [0.2, 0.25) is 0 Å². The number of nitro groups is 1. The lowest BCUT2D eigenvalue weighted by atomic mass is 10.0. The molecule has 3 aromatic rings. The van der Waals surface area contributed by atoms with Crippen LogP contribution in [0, 0.1) is 24.0 Å². The van der Waals surface area contributed by atoms with E-state index in [0.717, 1.165) is 11.3 Å². The lowest BCUT2D eigenvalue weighted by molar-refractivity contribution is -0.385. The zero-order valence-corrected chi connectivity index (χ0v) is 20.7. The van der Waals surface area contributed by atoms with E-state index < -0.39 is 10.8 Å². The Morgan fingerprint density at radius 2 is 1.94 bits per heavy atom. The number of rotatable bonds is 8. The Hall–Kier alpha value is -3.66. The van der Waals surface area contributed by atoms with E-state index in [2.05, 4.69) is 11.9 Å². The van der Waals surface area contributed by atoms with E-state index in [1.807, 2.05) is 30.5 Å². The molecule has 1 fully saturated rings. The molecule has 0 N–H and O–H groups in total. The van der Waals surface area contributed by atoms with Crippen LogP contribution in [0.15, 0.2) is 41.2 Å². The Balaban J connectivity index is 1.46. The van der Waals surface area contributed by atoms with Crippen LogP contribution in [0.3, 0.4) is 0 Å². The Bertz CT molecular complexity index is 1210. The van der Waals surface area contributed by atoms with E-state index in [1.165, 1.54) is 36.1 Å². The first-order valence-electron chi connectivity index (χ1n) is 11.2. The standard InChI is InChI=1S/C25H27N3O6S/c1-16-4-5-20(10-17(16)2)34-19-6-8-27(9-7-19)25(29)21-11-23(32-3)24(12-22(21)28(30)31)33-13-18-14-35-15-26-18/h4-5,10-12,14-15,19H,6-9,13H2,1-3H3. The van der Waals surface area contributed by atoms with Gasteiger partial charge in [-0.1, -0.05) is 6.07 Å². The molecule has 184 valence electrons. The molecule has 1 saturated heterocycles. The molecule has 2 aromatic carbocycles. The second kappa shape index (κ2) is 10.7. The van der Waals surface area contributed by atoms with Crippen LogP contribution in [-0.4, -0.2) is 47.0 Å². The molecule has 0 unspecified atom stereocenters. The summed E-state index contributed by atoms with van der Waals surface area (Å²) < 4.78 is 17.2. The number of carbonyl (C=O) groups excluding carboxylic acids is 1. The number of nitrogens with zero attached hydrogens (tertiary/aromatic N) is 3. The highest BCUT2D eigenvalue weighted by atomic mass is 32.1. The van der Waals surface area contributed by atoms with Gasteiger partial charge in [-0.2, -0.15) is 0 Å². The highest BCUT2D eigenvalue weighted by molar-refractivity contribution is 7.07. The summed E-state index contributed by atoms with van der Waals surface area (Å²) in [6.45, 7) is 5.11. The number of piperidine rings is 1. The van der Waals surface area contributed by atoms with E-state index in [4.69, 9.17) is 14.2 Å². The van der Waals surface area contributed by atoms with Crippen molar-refractivity contribution < 1.29 is 23.9 Å². The van der Waals surface area contributed by atoms with Gasteiger partial charge in [-0.25, -0.2) is 4.98 Å². The van der Waals surface area contributed by atoms with Crippen LogP contribution >= 0.6 is 11.3 Å². The maximum atomic E-state index is 13.3. The molecule has 0 radical (unpaired) electrons. The number of carbonyl (C=O) groups is 1. The van der Waals surface area contributed by atoms with E-state index in [0.29, 0.717) is 31.6 Å². The molecular formula is C25H27N3O6S. The minimum atomic E-state index is -0.571. The quantitative estimate of drug-likeness (QED) is 0.321. The molecule has 1 aliphatic heterocycles. The SMILES string of the molecule is COc1cc(C(=O)N2CCC(Oc3ccc(C)c(C)c3)CC2)c([N+](=O)[O-])cc1OCc1cscn1. The summed E-state index contributed by atoms with van der Waals surface area (Å²) in [5.41, 5.74) is 4.39. The van der Waals surface area contributed by atoms with Crippen LogP contribution in [0.4, 0.5) is 5.69 Å². The number of nitro benzene ring substituents is 1. The summed E-state index contributed by atoms with van der Waals surface area (Å²) >= 11 is 1.43. The number of likely N-dealkylation sites (tertiary alicyclic amines) is 1. The fraction of sp³-hybridized carbons (Fsp3) is 0.360. The van der Waals surface area contributed by atoms with Crippen molar-refractivity contribution in [1.29, 1.82) is 0 Å². The fourth-order valence-corrected chi connectivity index (χ4v) is 4.47. The molecule has 9 nitrogen and oxygen atoms in total. The molecular weight excluding hydrogens is 470 g/mol. The number of ether oxygens (including phenoxy) is 3. The van der Waals surface area contributed by atoms with Gasteiger partial charge in [0, 0.05) is 37.4 Å². The molecule has 0 aliphatic carbocycles. The van der Waals surface area contributed by atoms with Gasteiger partial charge in [-0.05, 0) is 37.1 Å². The van der Waals surface area contributed by atoms with Gasteiger partial charge >= 0.3 is 0 Å². The predicted molar refractivity (Wildman–Crippen MR) is 132 cm³/mol. The monoisotopic (exact) mass is 497 g/mol. The summed E-state index contributed by atoms with van der Waals surface area (Å²) in [4.78, 5) is 30.3. The molecule has 1 aromatic heterocycles. The fourth-order valence-electron chi connectivity index (χ4n) is 3.93. The van der Waals surface area contributed by atoms with Gasteiger partial charge < -0.3 is 19.1 Å². The Morgan fingerprint density at radius 3 is 2.57 bits per heavy atom. The van der Waals surface area contributed by atoms with E-state index >= 15 is 0 Å². The minimum absolute atomic E-state index is 0.0211. The van der Waals surface area contributed by atoms with E-state index in [-0.39, 0.29) is 35.5 Å². The topological polar surface area (TPSA) is 104 Å². The van der Waals surface area contributed by atoms with Gasteiger partial charge in [-0.15, -0.1) is 11.3 Å². The molecule has 0 spiro atoms. The van der Waals surface area contributed by atoms with Crippen LogP contribution < -0.4 is 14.2 Å². The number of hydrogen-bond acceptors (Lipinski definition) is 8. The van der Waals surface area contributed by atoms with Crippen LogP contribution in [0.2, 0.25) is 0 Å². The largest absolute Gasteiger partial charge is 0.493 e. The number of benzene rings is 2. The van der Waals surface area contributed by atoms with Gasteiger partial charge in [0.1, 0.15) is 24.0 Å². The Labute approximate surface area is 207 Å². The lowest BCUT2D eigenvalue weighted by Crippen LogP contribution is -2.42. The highest BCUT2D eigenvalue weighted by Crippen LogP contribution is 2.36. The second-order valence-electron chi connectivity index (χ2n) is 8.40. The molecule has 10 heteroatoms. The first-order chi connectivity index (χ1) is 16.9. The van der Waals surface area contributed by atoms with Crippen molar-refractivity contribution in [2.45, 2.75) is 39.4 Å². The summed E-state index contributed by atoms with van der Waals surface area (Å²) in [6.07, 6.45) is 1.25. The summed E-state index contributed by atoms with van der Waals surface area (Å²) in [6, 6.07) is 8.62. The van der Waals surface area contributed by atoms with Crippen molar-refractivity contribution in [2.75, 3.05) is 20.2 Å². The van der Waals surface area contributed by atoms with Gasteiger partial charge in [0.25, 0.3) is 11.6 Å². The number of amides is 1. The number of aromatic nitrogens is 1. The second-order valence-corrected chi connectivity index (χ2v) is 9.12. The predicted octanol–water partition coefficient (Wildman–Crippen LogP) is 4.94. The van der Waals surface area contributed by atoms with E-state index in [9.17, 15) is 14.9 Å². The normalized spacial score (nSPS) is 14.0. The number of aryl methyl sites for hydroxylation is 2. The first-order valence-corrected chi connectivity index (χ1v) is 12.2. The number of methoxy groups -OCH3 is 1. The smallest absolute Gasteiger partial charge is 0.286 e. The van der Waals surface area contributed by atoms with Gasteiger partial charge in [-0.3, -0.25) is 14.9 Å². The van der Waals surface area contributed by atoms with Gasteiger partial charge in [0.05, 0.1) is 29.3 Å². The molecule has 35 heavy (non-hydrogen) atoms. The van der Waals surface area contributed by atoms with Crippen molar-refractivity contribution in [1.82, 2.24) is 9.88 Å². The zero-order chi connectivity index (χ0) is 24.9. The molecule has 1 amide bonds. The Kier molecular flexibility index (Phi) is 7.50. The average Bonchev–Trinajstić information content (AvgIpc) is 3.38. The highest BCUT2D eigenvalue weighted by Gasteiger charge is 2.31. The lowest BCUT2D eigenvalue weighted by Gasteiger charge is -2.32. The molecule has 1 aliphatic rings.